The van der Waals surface area contributed by atoms with E-state index in [4.69, 9.17) is 9.97 Å². The van der Waals surface area contributed by atoms with Gasteiger partial charge in [0.05, 0.1) is 44.1 Å². The van der Waals surface area contributed by atoms with Crippen molar-refractivity contribution < 1.29 is 21.1 Å². The number of nitrogens with zero attached hydrogens (tertiary/aromatic N) is 7. The number of imidazole rings is 4. The maximum absolute atomic E-state index is 5.24. The van der Waals surface area contributed by atoms with E-state index in [0.717, 1.165) is 100 Å². The molecule has 0 aliphatic rings. The molecule has 13 aromatic rings. The minimum atomic E-state index is 0. The van der Waals surface area contributed by atoms with E-state index in [1.807, 2.05) is 6.07 Å². The van der Waals surface area contributed by atoms with Crippen molar-refractivity contribution in [3.05, 3.63) is 188 Å². The Hall–Kier alpha value is -7.21. The number of para-hydroxylation sites is 7. The van der Waals surface area contributed by atoms with Crippen LogP contribution >= 0.6 is 0 Å². The molecule has 58 heavy (non-hydrogen) atoms. The topological polar surface area (TPSA) is 49.4 Å². The SMILES string of the molecule is [Pt+2].[c-]1c(-n2c3[c-]c(-n4c5ccccc5n5c6ccccc6nc45)ccc3c3ccccc32)cccc1-n1c2ccccc2n2c3cc(-c4ccccc4)ccc3nc12. The summed E-state index contributed by atoms with van der Waals surface area (Å²) in [6, 6.07) is 69.5. The largest absolute Gasteiger partial charge is 2.00 e. The van der Waals surface area contributed by atoms with Gasteiger partial charge in [0.25, 0.3) is 0 Å². The summed E-state index contributed by atoms with van der Waals surface area (Å²) in [7, 11) is 0. The first kappa shape index (κ1) is 33.0. The first-order chi connectivity index (χ1) is 28.3. The maximum Gasteiger partial charge on any atom is 2.00 e. The van der Waals surface area contributed by atoms with Gasteiger partial charge >= 0.3 is 21.1 Å². The van der Waals surface area contributed by atoms with Crippen LogP contribution in [-0.4, -0.2) is 32.5 Å². The molecule has 8 aromatic carbocycles. The van der Waals surface area contributed by atoms with Crippen LogP contribution in [0.3, 0.4) is 0 Å². The van der Waals surface area contributed by atoms with Gasteiger partial charge in [-0.3, -0.25) is 8.80 Å². The van der Waals surface area contributed by atoms with E-state index in [1.54, 1.807) is 0 Å². The van der Waals surface area contributed by atoms with E-state index >= 15 is 0 Å². The van der Waals surface area contributed by atoms with Crippen molar-refractivity contribution in [3.8, 4) is 28.2 Å². The summed E-state index contributed by atoms with van der Waals surface area (Å²) in [6.45, 7) is 0. The number of fused-ring (bicyclic) bond motifs is 13. The molecule has 0 saturated carbocycles. The summed E-state index contributed by atoms with van der Waals surface area (Å²) in [5.74, 6) is 1.70. The van der Waals surface area contributed by atoms with Crippen molar-refractivity contribution in [2.45, 2.75) is 0 Å². The smallest absolute Gasteiger partial charge is 0.358 e. The third-order valence-electron chi connectivity index (χ3n) is 11.5. The number of rotatable bonds is 4. The van der Waals surface area contributed by atoms with Crippen molar-refractivity contribution in [1.82, 2.24) is 32.5 Å². The zero-order valence-electron chi connectivity index (χ0n) is 30.7. The minimum absolute atomic E-state index is 0. The quantitative estimate of drug-likeness (QED) is 0.165. The second kappa shape index (κ2) is 12.4. The molecule has 13 rings (SSSR count). The molecule has 7 nitrogen and oxygen atoms in total. The summed E-state index contributed by atoms with van der Waals surface area (Å²) in [5, 5.41) is 2.28. The molecule has 0 bridgehead atoms. The minimum Gasteiger partial charge on any atom is -0.358 e. The molecule has 0 aliphatic heterocycles. The van der Waals surface area contributed by atoms with Gasteiger partial charge in [0, 0.05) is 5.52 Å². The van der Waals surface area contributed by atoms with E-state index in [0.29, 0.717) is 0 Å². The van der Waals surface area contributed by atoms with Gasteiger partial charge in [0.15, 0.2) is 0 Å². The van der Waals surface area contributed by atoms with E-state index in [2.05, 4.69) is 204 Å². The van der Waals surface area contributed by atoms with Crippen LogP contribution in [0.15, 0.2) is 176 Å². The molecule has 0 atom stereocenters. The zero-order chi connectivity index (χ0) is 37.2. The molecule has 0 spiro atoms. The van der Waals surface area contributed by atoms with Gasteiger partial charge in [-0.2, -0.15) is 12.1 Å². The molecule has 0 aliphatic carbocycles. The van der Waals surface area contributed by atoms with Gasteiger partial charge in [0.2, 0.25) is 11.6 Å². The Morgan fingerprint density at radius 1 is 0.345 bits per heavy atom. The van der Waals surface area contributed by atoms with Crippen LogP contribution in [0.1, 0.15) is 0 Å². The summed E-state index contributed by atoms with van der Waals surface area (Å²) in [4.78, 5) is 10.4. The molecule has 5 aromatic heterocycles. The van der Waals surface area contributed by atoms with Gasteiger partial charge in [-0.25, -0.2) is 9.97 Å². The van der Waals surface area contributed by atoms with E-state index in [9.17, 15) is 0 Å². The molecule has 0 saturated heterocycles. The first-order valence-corrected chi connectivity index (χ1v) is 19.1. The predicted octanol–water partition coefficient (Wildman–Crippen LogP) is 11.5. The van der Waals surface area contributed by atoms with Crippen LogP contribution in [0.4, 0.5) is 0 Å². The van der Waals surface area contributed by atoms with Crippen LogP contribution in [0.5, 0.6) is 0 Å². The Kier molecular flexibility index (Phi) is 7.05. The summed E-state index contributed by atoms with van der Waals surface area (Å²) in [6.07, 6.45) is 0. The standard InChI is InChI=1S/C50H29N7.Pt/c1-2-13-32(14-3-1)33-25-28-40-48(29-33)57-46-24-11-9-22-44(46)54(50(57)52-40)35-16-12-15-34(30-35)53-41-19-6-4-17-37(41)38-27-26-36(31-47(38)53)55-43-21-8-10-23-45(43)56-42-20-7-5-18-39(42)51-49(55)56;/h1-29H;/q-2;+2. The Balaban J connectivity index is 0.00000366. The van der Waals surface area contributed by atoms with Gasteiger partial charge in [-0.1, -0.05) is 114 Å². The average Bonchev–Trinajstić information content (AvgIpc) is 4.06. The monoisotopic (exact) mass is 922 g/mol. The first-order valence-electron chi connectivity index (χ1n) is 19.1. The van der Waals surface area contributed by atoms with Crippen LogP contribution in [-0.2, 0) is 21.1 Å². The summed E-state index contributed by atoms with van der Waals surface area (Å²) >= 11 is 0. The molecule has 0 radical (unpaired) electrons. The van der Waals surface area contributed by atoms with Crippen molar-refractivity contribution in [2.24, 2.45) is 0 Å². The van der Waals surface area contributed by atoms with E-state index in [1.165, 1.54) is 5.56 Å². The van der Waals surface area contributed by atoms with Crippen molar-refractivity contribution in [3.63, 3.8) is 0 Å². The molecular weight excluding hydrogens is 894 g/mol. The van der Waals surface area contributed by atoms with Gasteiger partial charge < -0.3 is 13.7 Å². The van der Waals surface area contributed by atoms with Gasteiger partial charge in [-0.15, -0.1) is 35.7 Å². The fourth-order valence-corrected chi connectivity index (χ4v) is 9.00. The second-order valence-electron chi connectivity index (χ2n) is 14.6. The van der Waals surface area contributed by atoms with Crippen LogP contribution in [0.25, 0.3) is 106 Å². The third-order valence-corrected chi connectivity index (χ3v) is 11.5. The molecule has 0 amide bonds. The normalized spacial score (nSPS) is 12.0. The summed E-state index contributed by atoms with van der Waals surface area (Å²) in [5.41, 5.74) is 15.5. The van der Waals surface area contributed by atoms with Crippen LogP contribution in [0, 0.1) is 12.1 Å². The molecule has 5 heterocycles. The average molecular weight is 923 g/mol. The maximum atomic E-state index is 5.24. The number of hydrogen-bond donors (Lipinski definition) is 0. The Morgan fingerprint density at radius 3 is 1.62 bits per heavy atom. The second-order valence-corrected chi connectivity index (χ2v) is 14.6. The Morgan fingerprint density at radius 2 is 0.897 bits per heavy atom. The third kappa shape index (κ3) is 4.53. The van der Waals surface area contributed by atoms with E-state index < -0.39 is 0 Å². The number of aromatic nitrogens is 7. The zero-order valence-corrected chi connectivity index (χ0v) is 33.0. The van der Waals surface area contributed by atoms with Crippen molar-refractivity contribution in [2.75, 3.05) is 0 Å². The molecular formula is C50H29N7Pt. The molecule has 274 valence electrons. The summed E-state index contributed by atoms with van der Waals surface area (Å²) < 4.78 is 11.3. The molecule has 0 fully saturated rings. The molecule has 8 heteroatoms. The predicted molar refractivity (Wildman–Crippen MR) is 230 cm³/mol. The van der Waals surface area contributed by atoms with Crippen molar-refractivity contribution >= 4 is 77.5 Å². The number of hydrogen-bond acceptors (Lipinski definition) is 2. The van der Waals surface area contributed by atoms with Crippen LogP contribution in [0.2, 0.25) is 0 Å². The van der Waals surface area contributed by atoms with Gasteiger partial charge in [0.1, 0.15) is 0 Å². The fraction of sp³-hybridized carbons (Fsp3) is 0. The number of benzene rings is 8. The van der Waals surface area contributed by atoms with Crippen molar-refractivity contribution in [1.29, 1.82) is 0 Å². The Bertz CT molecular complexity index is 3770. The van der Waals surface area contributed by atoms with Gasteiger partial charge in [-0.05, 0) is 71.1 Å². The molecule has 0 N–H and O–H groups in total. The fourth-order valence-electron chi connectivity index (χ4n) is 9.00. The Labute approximate surface area is 345 Å². The molecule has 0 unspecified atom stereocenters. The van der Waals surface area contributed by atoms with Crippen LogP contribution < -0.4 is 0 Å². The van der Waals surface area contributed by atoms with E-state index in [-0.39, 0.29) is 21.1 Å².